The Hall–Kier alpha value is -1.76. The van der Waals surface area contributed by atoms with E-state index >= 15 is 0 Å². The Morgan fingerprint density at radius 1 is 1.29 bits per heavy atom. The number of carbonyl (C=O) groups is 1. The highest BCUT2D eigenvalue weighted by molar-refractivity contribution is 6.39. The molecule has 5 nitrogen and oxygen atoms in total. The van der Waals surface area contributed by atoms with Crippen molar-refractivity contribution in [1.82, 2.24) is 4.98 Å². The molecule has 0 amide bonds. The molecule has 2 rings (SSSR count). The lowest BCUT2D eigenvalue weighted by Crippen LogP contribution is -2.26. The number of hydrogen-bond acceptors (Lipinski definition) is 5. The Balaban J connectivity index is 2.03. The number of aromatic nitrogens is 1. The lowest BCUT2D eigenvalue weighted by atomic mass is 10.2. The Morgan fingerprint density at radius 2 is 1.96 bits per heavy atom. The van der Waals surface area contributed by atoms with E-state index in [1.54, 1.807) is 24.3 Å². The average molecular weight is 394 g/mol. The van der Waals surface area contributed by atoms with Crippen LogP contribution in [0, 0.1) is 5.95 Å². The Kier molecular flexibility index (Phi) is 6.10. The first-order valence-electron chi connectivity index (χ1n) is 6.68. The molecule has 0 saturated heterocycles. The normalized spacial score (nSPS) is 11.9. The predicted molar refractivity (Wildman–Crippen MR) is 90.0 cm³/mol. The van der Waals surface area contributed by atoms with Crippen molar-refractivity contribution < 1.29 is 18.7 Å². The van der Waals surface area contributed by atoms with E-state index in [9.17, 15) is 9.18 Å². The number of benzene rings is 1. The van der Waals surface area contributed by atoms with E-state index < -0.39 is 23.0 Å². The minimum atomic E-state index is -1.10. The maximum absolute atomic E-state index is 13.5. The van der Waals surface area contributed by atoms with Crippen molar-refractivity contribution in [3.63, 3.8) is 0 Å². The molecule has 2 aromatic rings. The van der Waals surface area contributed by atoms with Crippen LogP contribution in [0.5, 0.6) is 5.88 Å². The summed E-state index contributed by atoms with van der Waals surface area (Å²) >= 11 is 17.4. The number of hydrogen-bond donors (Lipinski definition) is 1. The highest BCUT2D eigenvalue weighted by atomic mass is 35.5. The number of ether oxygens (including phenoxy) is 2. The smallest absolute Gasteiger partial charge is 0.347 e. The number of esters is 1. The first-order valence-corrected chi connectivity index (χ1v) is 7.81. The van der Waals surface area contributed by atoms with Gasteiger partial charge in [-0.3, -0.25) is 0 Å². The third-order valence-corrected chi connectivity index (χ3v) is 4.08. The van der Waals surface area contributed by atoms with E-state index in [2.05, 4.69) is 4.98 Å². The van der Waals surface area contributed by atoms with Gasteiger partial charge in [0.2, 0.25) is 11.8 Å². The van der Waals surface area contributed by atoms with Crippen LogP contribution >= 0.6 is 34.8 Å². The largest absolute Gasteiger partial charge is 0.461 e. The van der Waals surface area contributed by atoms with E-state index in [1.165, 1.54) is 6.92 Å². The highest BCUT2D eigenvalue weighted by Crippen LogP contribution is 2.35. The van der Waals surface area contributed by atoms with Crippen molar-refractivity contribution in [2.45, 2.75) is 19.6 Å². The molecule has 1 heterocycles. The number of anilines is 1. The van der Waals surface area contributed by atoms with Crippen molar-refractivity contribution >= 4 is 46.5 Å². The summed E-state index contributed by atoms with van der Waals surface area (Å²) in [6.07, 6.45) is -1.10. The number of rotatable bonds is 5. The predicted octanol–water partition coefficient (Wildman–Crippen LogP) is 4.27. The molecule has 0 fully saturated rings. The van der Waals surface area contributed by atoms with Gasteiger partial charge in [-0.1, -0.05) is 53.0 Å². The standard InChI is InChI=1S/C15H12Cl3FN2O3/c1-7(15(22)23-6-8-4-2-3-5-9(8)16)24-14-11(18)12(20)10(17)13(19)21-14/h2-5,7H,6H2,1H3,(H2,20,21)/t7-/m1/s1. The summed E-state index contributed by atoms with van der Waals surface area (Å²) in [7, 11) is 0. The average Bonchev–Trinajstić information content (AvgIpc) is 2.56. The van der Waals surface area contributed by atoms with Crippen LogP contribution in [-0.4, -0.2) is 17.1 Å². The second-order valence-corrected chi connectivity index (χ2v) is 5.87. The van der Waals surface area contributed by atoms with Gasteiger partial charge < -0.3 is 15.2 Å². The zero-order valence-corrected chi connectivity index (χ0v) is 14.6. The summed E-state index contributed by atoms with van der Waals surface area (Å²) in [5.74, 6) is -2.11. The highest BCUT2D eigenvalue weighted by Gasteiger charge is 2.22. The number of halogens is 4. The first-order chi connectivity index (χ1) is 11.3. The van der Waals surface area contributed by atoms with E-state index in [0.29, 0.717) is 10.6 Å². The summed E-state index contributed by atoms with van der Waals surface area (Å²) in [4.78, 5) is 15.4. The molecule has 2 N–H and O–H groups in total. The van der Waals surface area contributed by atoms with Crippen LogP contribution in [0.1, 0.15) is 12.5 Å². The third kappa shape index (κ3) is 4.20. The molecule has 0 aliphatic carbocycles. The van der Waals surface area contributed by atoms with Crippen LogP contribution in [0.15, 0.2) is 24.3 Å². The van der Waals surface area contributed by atoms with Gasteiger partial charge in [0, 0.05) is 10.6 Å². The second-order valence-electron chi connectivity index (χ2n) is 4.71. The summed E-state index contributed by atoms with van der Waals surface area (Å²) in [6, 6.07) is 6.91. The molecular formula is C15H12Cl3FN2O3. The fourth-order valence-corrected chi connectivity index (χ4v) is 2.24. The van der Waals surface area contributed by atoms with Crippen LogP contribution in [0.3, 0.4) is 0 Å². The molecule has 0 unspecified atom stereocenters. The summed E-state index contributed by atoms with van der Waals surface area (Å²) in [5, 5.41) is -0.135. The molecule has 1 atom stereocenters. The van der Waals surface area contributed by atoms with Gasteiger partial charge >= 0.3 is 5.97 Å². The maximum Gasteiger partial charge on any atom is 0.347 e. The fraction of sp³-hybridized carbons (Fsp3) is 0.200. The number of nitrogen functional groups attached to an aromatic ring is 1. The van der Waals surface area contributed by atoms with Gasteiger partial charge in [-0.25, -0.2) is 4.79 Å². The molecular weight excluding hydrogens is 382 g/mol. The maximum atomic E-state index is 13.5. The summed E-state index contributed by atoms with van der Waals surface area (Å²) in [6.45, 7) is 1.36. The Labute approximate surface area is 152 Å². The molecule has 0 aliphatic rings. The van der Waals surface area contributed by atoms with Crippen LogP contribution in [-0.2, 0) is 16.1 Å². The van der Waals surface area contributed by atoms with Gasteiger partial charge in [-0.05, 0) is 13.0 Å². The molecule has 9 heteroatoms. The lowest BCUT2D eigenvalue weighted by Gasteiger charge is -2.15. The van der Waals surface area contributed by atoms with Gasteiger partial charge in [0.1, 0.15) is 16.7 Å². The van der Waals surface area contributed by atoms with Crippen molar-refractivity contribution in [3.05, 3.63) is 50.8 Å². The van der Waals surface area contributed by atoms with E-state index in [-0.39, 0.29) is 23.2 Å². The fourth-order valence-electron chi connectivity index (χ4n) is 1.69. The Bertz CT molecular complexity index is 774. The summed E-state index contributed by atoms with van der Waals surface area (Å²) in [5.41, 5.74) is 5.94. The number of pyridine rings is 1. The van der Waals surface area contributed by atoms with Crippen molar-refractivity contribution in [3.8, 4) is 5.88 Å². The lowest BCUT2D eigenvalue weighted by molar-refractivity contribution is -0.152. The topological polar surface area (TPSA) is 74.4 Å². The van der Waals surface area contributed by atoms with E-state index in [1.807, 2.05) is 0 Å². The minimum absolute atomic E-state index is 0.0372. The van der Waals surface area contributed by atoms with Crippen LogP contribution in [0.25, 0.3) is 0 Å². The van der Waals surface area contributed by atoms with Gasteiger partial charge in [-0.15, -0.1) is 0 Å². The molecule has 0 saturated carbocycles. The van der Waals surface area contributed by atoms with Crippen LogP contribution in [0.2, 0.25) is 15.1 Å². The molecule has 24 heavy (non-hydrogen) atoms. The molecule has 0 bridgehead atoms. The third-order valence-electron chi connectivity index (χ3n) is 2.99. The van der Waals surface area contributed by atoms with Gasteiger partial charge in [0.15, 0.2) is 6.10 Å². The number of nitrogens with two attached hydrogens (primary N) is 1. The molecule has 0 spiro atoms. The van der Waals surface area contributed by atoms with E-state index in [4.69, 9.17) is 50.0 Å². The molecule has 0 aliphatic heterocycles. The molecule has 1 aromatic heterocycles. The zero-order chi connectivity index (χ0) is 17.9. The SMILES string of the molecule is C[C@@H](Oc1nc(F)c(Cl)c(N)c1Cl)C(=O)OCc1ccccc1Cl. The summed E-state index contributed by atoms with van der Waals surface area (Å²) < 4.78 is 23.8. The zero-order valence-electron chi connectivity index (χ0n) is 12.4. The second kappa shape index (κ2) is 7.88. The van der Waals surface area contributed by atoms with Crippen molar-refractivity contribution in [2.75, 3.05) is 5.73 Å². The molecule has 128 valence electrons. The molecule has 0 radical (unpaired) electrons. The first kappa shape index (κ1) is 18.6. The van der Waals surface area contributed by atoms with Gasteiger partial charge in [0.25, 0.3) is 0 Å². The Morgan fingerprint density at radius 3 is 2.62 bits per heavy atom. The number of nitrogens with zero attached hydrogens (tertiary/aromatic N) is 1. The monoisotopic (exact) mass is 392 g/mol. The quantitative estimate of drug-likeness (QED) is 0.606. The molecule has 1 aromatic carbocycles. The van der Waals surface area contributed by atoms with Crippen LogP contribution in [0.4, 0.5) is 10.1 Å². The van der Waals surface area contributed by atoms with Crippen molar-refractivity contribution in [2.24, 2.45) is 0 Å². The van der Waals surface area contributed by atoms with Crippen LogP contribution < -0.4 is 10.5 Å². The van der Waals surface area contributed by atoms with Gasteiger partial charge in [-0.2, -0.15) is 9.37 Å². The van der Waals surface area contributed by atoms with Crippen molar-refractivity contribution in [1.29, 1.82) is 0 Å². The van der Waals surface area contributed by atoms with Gasteiger partial charge in [0.05, 0.1) is 5.69 Å². The van der Waals surface area contributed by atoms with E-state index in [0.717, 1.165) is 0 Å². The number of carbonyl (C=O) groups excluding carboxylic acids is 1. The minimum Gasteiger partial charge on any atom is -0.461 e.